The first-order chi connectivity index (χ1) is 31.6. The first-order valence-corrected chi connectivity index (χ1v) is 42.5. The minimum atomic E-state index is -2.13. The Hall–Kier alpha value is -2.81. The molecule has 6 nitrogen and oxygen atoms in total. The minimum Gasteiger partial charge on any atom is -0.687 e. The minimum absolute atomic E-state index is 0. The van der Waals surface area contributed by atoms with Crippen molar-refractivity contribution in [2.75, 3.05) is 0 Å². The molecule has 0 N–H and O–H groups in total. The van der Waals surface area contributed by atoms with Crippen LogP contribution in [0.4, 0.5) is 34.1 Å². The van der Waals surface area contributed by atoms with Crippen molar-refractivity contribution in [3.63, 3.8) is 0 Å². The molecule has 6 rings (SSSR count). The van der Waals surface area contributed by atoms with Crippen LogP contribution in [0, 0.1) is 41.5 Å². The Labute approximate surface area is 470 Å². The van der Waals surface area contributed by atoms with Crippen LogP contribution < -0.4 is 0 Å². The fourth-order valence-corrected chi connectivity index (χ4v) is 60.8. The van der Waals surface area contributed by atoms with Crippen LogP contribution in [0.25, 0.3) is 29.9 Å². The normalized spacial score (nSPS) is 12.2. The molecule has 6 aromatic carbocycles. The largest absolute Gasteiger partial charge is 3.00 e. The average Bonchev–Trinajstić information content (AvgIpc) is 3.22. The van der Waals surface area contributed by atoms with Crippen LogP contribution in [0.2, 0.25) is 88.1 Å². The topological polar surface area (TPSA) is 84.6 Å². The van der Waals surface area contributed by atoms with E-state index in [0.29, 0.717) is 9.58 Å². The first kappa shape index (κ1) is 61.5. The molecule has 0 saturated heterocycles. The van der Waals surface area contributed by atoms with Crippen LogP contribution in [-0.2, 0) is 52.4 Å². The number of nitrogens with zero attached hydrogens (tertiary/aromatic N) is 6. The van der Waals surface area contributed by atoms with Crippen molar-refractivity contribution in [1.29, 1.82) is 0 Å². The first-order valence-electron chi connectivity index (χ1n) is 24.3. The molecule has 0 aliphatic carbocycles. The number of aryl methyl sites for hydroxylation is 6. The maximum absolute atomic E-state index is 5.46. The van der Waals surface area contributed by atoms with E-state index < -0.39 is 49.4 Å². The van der Waals surface area contributed by atoms with E-state index in [9.17, 15) is 0 Å². The second-order valence-corrected chi connectivity index (χ2v) is 50.6. The third kappa shape index (κ3) is 17.7. The van der Waals surface area contributed by atoms with Crippen LogP contribution in [0.15, 0.2) is 146 Å². The van der Waals surface area contributed by atoms with Crippen molar-refractivity contribution in [2.24, 2.45) is 0 Å². The predicted molar refractivity (Wildman–Crippen MR) is 318 cm³/mol. The zero-order valence-electron chi connectivity index (χ0n) is 45.7. The van der Waals surface area contributed by atoms with Gasteiger partial charge >= 0.3 is 52.4 Å². The number of benzene rings is 6. The van der Waals surface area contributed by atoms with Gasteiger partial charge < -0.3 is 29.9 Å². The van der Waals surface area contributed by atoms with Crippen molar-refractivity contribution in [1.82, 2.24) is 0 Å². The second-order valence-electron chi connectivity index (χ2n) is 22.5. The van der Waals surface area contributed by atoms with Gasteiger partial charge in [0.15, 0.2) is 0 Å². The molecular formula is C56H80N6Si6Zr2. The van der Waals surface area contributed by atoms with Gasteiger partial charge in [0.2, 0.25) is 0 Å². The van der Waals surface area contributed by atoms with Gasteiger partial charge in [0.1, 0.15) is 0 Å². The molecule has 0 spiro atoms. The molecule has 0 fully saturated rings. The Morgan fingerprint density at radius 1 is 0.214 bits per heavy atom. The maximum atomic E-state index is 5.46. The summed E-state index contributed by atoms with van der Waals surface area (Å²) >= 11 is 0. The fraction of sp³-hybridized carbons (Fsp3) is 0.357. The summed E-state index contributed by atoms with van der Waals surface area (Å²) in [6.07, 6.45) is 0. The Morgan fingerprint density at radius 2 is 0.314 bits per heavy atom. The molecule has 0 aliphatic heterocycles. The van der Waals surface area contributed by atoms with E-state index in [1.54, 1.807) is 0 Å². The summed E-state index contributed by atoms with van der Waals surface area (Å²) in [4.78, 5) is 33.6. The SMILES string of the molecule is Cc1ccc([N-][Si](C)(C)C([Si](C)(C)[N-]c2ccc(C)cc2)[Si](C)(C)[N-]c2ccc(C)cc2)cc1.Cc1ccc([N-][Si](C)(C)C([Si](C)(C)[N-]c2ccc(C)cc2)[Si](C)(C)[N-]c2ccc(C)cc2)cc1.[Zr+3].[Zr+3]. The predicted octanol–water partition coefficient (Wildman–Crippen LogP) is 20.2. The molecule has 0 aromatic heterocycles. The number of hydrogen-bond donors (Lipinski definition) is 0. The second kappa shape index (κ2) is 25.4. The Morgan fingerprint density at radius 3 is 0.414 bits per heavy atom. The average molecular weight is 1190 g/mol. The van der Waals surface area contributed by atoms with Gasteiger partial charge in [0, 0.05) is 0 Å². The molecule has 0 aliphatic rings. The molecule has 0 saturated carbocycles. The molecule has 2 radical (unpaired) electrons. The fourth-order valence-electron chi connectivity index (χ4n) is 11.3. The summed E-state index contributed by atoms with van der Waals surface area (Å²) < 4.78 is 0. The van der Waals surface area contributed by atoms with Gasteiger partial charge in [-0.05, 0) is 41.5 Å². The standard InChI is InChI=1S/2C28H40N3Si3.2Zr/c2*1-22-10-16-25(17-11-22)29-32(4,5)28(33(6,7)30-26-18-12-23(2)13-19-26)34(8,9)31-27-20-14-24(3)15-21-27;;/h2*10-21,28H,1-9H3;;/q2*-3;2*+3. The smallest absolute Gasteiger partial charge is 0.687 e. The molecule has 70 heavy (non-hydrogen) atoms. The molecule has 6 aromatic rings. The molecule has 14 heteroatoms. The van der Waals surface area contributed by atoms with Gasteiger partial charge in [0.05, 0.1) is 0 Å². The van der Waals surface area contributed by atoms with Crippen LogP contribution >= 0.6 is 0 Å². The zero-order chi connectivity index (χ0) is 50.3. The molecule has 0 heterocycles. The quantitative estimate of drug-likeness (QED) is 0.0768. The summed E-state index contributed by atoms with van der Waals surface area (Å²) in [6.45, 7) is 41.9. The van der Waals surface area contributed by atoms with Gasteiger partial charge in [-0.2, -0.15) is 0 Å². The van der Waals surface area contributed by atoms with Crippen LogP contribution in [0.3, 0.4) is 0 Å². The molecule has 0 amide bonds. The molecule has 0 unspecified atom stereocenters. The van der Waals surface area contributed by atoms with Crippen molar-refractivity contribution in [3.05, 3.63) is 209 Å². The molecule has 0 bridgehead atoms. The van der Waals surface area contributed by atoms with Crippen molar-refractivity contribution >= 4 is 83.5 Å². The van der Waals surface area contributed by atoms with E-state index in [-0.39, 0.29) is 52.4 Å². The number of hydrogen-bond acceptors (Lipinski definition) is 0. The van der Waals surface area contributed by atoms with Crippen molar-refractivity contribution in [3.8, 4) is 0 Å². The van der Waals surface area contributed by atoms with E-state index >= 15 is 0 Å². The van der Waals surface area contributed by atoms with E-state index in [2.05, 4.69) is 266 Å². The zero-order valence-corrected chi connectivity index (χ0v) is 56.6. The van der Waals surface area contributed by atoms with Crippen molar-refractivity contribution < 1.29 is 52.4 Å². The Bertz CT molecular complexity index is 2060. The summed E-state index contributed by atoms with van der Waals surface area (Å²) in [5, 5.41) is 0. The summed E-state index contributed by atoms with van der Waals surface area (Å²) in [5.41, 5.74) is 14.1. The van der Waals surface area contributed by atoms with Gasteiger partial charge in [-0.3, -0.25) is 0 Å². The third-order valence-corrected chi connectivity index (χ3v) is 51.9. The Balaban J connectivity index is 0.000000360. The van der Waals surface area contributed by atoms with Crippen LogP contribution in [0.1, 0.15) is 33.4 Å². The molecular weight excluding hydrogens is 1110 g/mol. The van der Waals surface area contributed by atoms with Crippen molar-refractivity contribution in [2.45, 2.75) is 130 Å². The molecule has 0 atom stereocenters. The van der Waals surface area contributed by atoms with E-state index in [1.165, 1.54) is 33.4 Å². The van der Waals surface area contributed by atoms with Gasteiger partial charge in [-0.25, -0.2) is 0 Å². The van der Waals surface area contributed by atoms with Crippen LogP contribution in [-0.4, -0.2) is 49.4 Å². The number of rotatable bonds is 18. The molecule has 366 valence electrons. The van der Waals surface area contributed by atoms with Gasteiger partial charge in [0.25, 0.3) is 0 Å². The van der Waals surface area contributed by atoms with Gasteiger partial charge in [-0.1, -0.05) is 317 Å². The third-order valence-electron chi connectivity index (χ3n) is 12.9. The summed E-state index contributed by atoms with van der Waals surface area (Å²) in [5.74, 6) is 0. The van der Waals surface area contributed by atoms with E-state index in [4.69, 9.17) is 29.9 Å². The monoisotopic (exact) mass is 1180 g/mol. The Kier molecular flexibility index (Phi) is 22.3. The van der Waals surface area contributed by atoms with E-state index in [0.717, 1.165) is 34.1 Å². The van der Waals surface area contributed by atoms with E-state index in [1.807, 2.05) is 0 Å². The summed E-state index contributed by atoms with van der Waals surface area (Å²) in [6, 6.07) is 51.9. The summed E-state index contributed by atoms with van der Waals surface area (Å²) in [7, 11) is -12.8. The van der Waals surface area contributed by atoms with Gasteiger partial charge in [-0.15, -0.1) is 34.1 Å². The van der Waals surface area contributed by atoms with Crippen LogP contribution in [0.5, 0.6) is 0 Å². The maximum Gasteiger partial charge on any atom is 3.00 e.